The Bertz CT molecular complexity index is 165. The minimum absolute atomic E-state index is 0.0495. The van der Waals surface area contributed by atoms with E-state index in [1.54, 1.807) is 18.9 Å². The van der Waals surface area contributed by atoms with Crippen LogP contribution in [0, 0.1) is 0 Å². The lowest BCUT2D eigenvalue weighted by molar-refractivity contribution is -0.128. The van der Waals surface area contributed by atoms with Crippen LogP contribution in [0.25, 0.3) is 0 Å². The fourth-order valence-electron chi connectivity index (χ4n) is 0.980. The molecule has 0 rings (SSSR count). The van der Waals surface area contributed by atoms with Gasteiger partial charge in [-0.25, -0.2) is 0 Å². The monoisotopic (exact) mass is 205 g/mol. The van der Waals surface area contributed by atoms with E-state index in [1.165, 1.54) is 0 Å². The summed E-state index contributed by atoms with van der Waals surface area (Å²) >= 11 is 0. The summed E-state index contributed by atoms with van der Waals surface area (Å²) in [5.74, 6) is 0.0550. The number of carbonyl (C=O) groups excluding carboxylic acids is 1. The highest BCUT2D eigenvalue weighted by atomic mass is 28.3. The van der Waals surface area contributed by atoms with Crippen LogP contribution >= 0.6 is 0 Å². The number of rotatable bonds is 5. The molecular formula is C8H19NO3Si. The van der Waals surface area contributed by atoms with Gasteiger partial charge in [-0.1, -0.05) is 0 Å². The van der Waals surface area contributed by atoms with Crippen molar-refractivity contribution in [3.8, 4) is 0 Å². The molecule has 0 aromatic carbocycles. The molecule has 1 amide bonds. The summed E-state index contributed by atoms with van der Waals surface area (Å²) in [6.07, 6.45) is 0. The highest BCUT2D eigenvalue weighted by Gasteiger charge is 2.20. The molecule has 0 aromatic rings. The molecule has 0 spiro atoms. The number of aliphatic hydroxyl groups excluding tert-OH is 1. The van der Waals surface area contributed by atoms with Crippen molar-refractivity contribution < 1.29 is 14.3 Å². The maximum absolute atomic E-state index is 11.0. The van der Waals surface area contributed by atoms with E-state index in [4.69, 9.17) is 9.53 Å². The van der Waals surface area contributed by atoms with E-state index in [1.807, 2.05) is 13.5 Å². The fourth-order valence-corrected chi connectivity index (χ4v) is 2.57. The molecule has 0 fully saturated rings. The maximum Gasteiger partial charge on any atom is 0.219 e. The van der Waals surface area contributed by atoms with E-state index in [0.29, 0.717) is 6.61 Å². The lowest BCUT2D eigenvalue weighted by Crippen LogP contribution is -2.44. The number of nitrogens with zero attached hydrogens (tertiary/aromatic N) is 1. The van der Waals surface area contributed by atoms with Crippen molar-refractivity contribution in [1.29, 1.82) is 0 Å². The highest BCUT2D eigenvalue weighted by molar-refractivity contribution is 6.52. The second-order valence-electron chi connectivity index (χ2n) is 3.17. The molecule has 2 unspecified atom stereocenters. The normalized spacial score (nSPS) is 15.2. The van der Waals surface area contributed by atoms with Gasteiger partial charge in [-0.2, -0.15) is 0 Å². The molecule has 78 valence electrons. The van der Waals surface area contributed by atoms with Crippen LogP contribution in [0.15, 0.2) is 0 Å². The first-order valence-corrected chi connectivity index (χ1v) is 6.75. The Labute approximate surface area is 81.2 Å². The quantitative estimate of drug-likeness (QED) is 0.630. The van der Waals surface area contributed by atoms with Crippen LogP contribution in [0.5, 0.6) is 0 Å². The minimum Gasteiger partial charge on any atom is -0.416 e. The van der Waals surface area contributed by atoms with Gasteiger partial charge in [0.25, 0.3) is 0 Å². The Hall–Kier alpha value is -0.393. The second-order valence-corrected chi connectivity index (χ2v) is 5.88. The van der Waals surface area contributed by atoms with Crippen LogP contribution in [0.3, 0.4) is 0 Å². The van der Waals surface area contributed by atoms with Crippen LogP contribution < -0.4 is 0 Å². The van der Waals surface area contributed by atoms with Crippen molar-refractivity contribution in [2.75, 3.05) is 20.3 Å². The average Bonchev–Trinajstić information content (AvgIpc) is 2.11. The second kappa shape index (κ2) is 6.12. The highest BCUT2D eigenvalue weighted by Crippen LogP contribution is 2.02. The summed E-state index contributed by atoms with van der Waals surface area (Å²) in [6.45, 7) is 5.98. The smallest absolute Gasteiger partial charge is 0.219 e. The van der Waals surface area contributed by atoms with Crippen molar-refractivity contribution in [2.24, 2.45) is 0 Å². The number of hydrogen-bond donors (Lipinski definition) is 1. The molecule has 0 heterocycles. The molecule has 0 saturated heterocycles. The van der Waals surface area contributed by atoms with Gasteiger partial charge in [-0.05, 0) is 13.5 Å². The molecule has 0 aliphatic carbocycles. The molecule has 5 heteroatoms. The Morgan fingerprint density at radius 2 is 2.23 bits per heavy atom. The van der Waals surface area contributed by atoms with Crippen LogP contribution in [0.4, 0.5) is 0 Å². The molecular weight excluding hydrogens is 186 g/mol. The van der Waals surface area contributed by atoms with Crippen molar-refractivity contribution >= 4 is 14.9 Å². The summed E-state index contributed by atoms with van der Waals surface area (Å²) < 4.78 is 5.42. The molecule has 0 bridgehead atoms. The zero-order valence-electron chi connectivity index (χ0n) is 8.78. The van der Waals surface area contributed by atoms with E-state index >= 15 is 0 Å². The van der Waals surface area contributed by atoms with E-state index in [0.717, 1.165) is 0 Å². The van der Waals surface area contributed by atoms with Gasteiger partial charge in [-0.15, -0.1) is 0 Å². The van der Waals surface area contributed by atoms with Crippen molar-refractivity contribution in [3.05, 3.63) is 0 Å². The summed E-state index contributed by atoms with van der Waals surface area (Å²) in [4.78, 5) is 12.7. The molecule has 0 radical (unpaired) electrons. The van der Waals surface area contributed by atoms with Crippen LogP contribution in [-0.2, 0) is 9.22 Å². The Morgan fingerprint density at radius 1 is 1.69 bits per heavy atom. The Balaban J connectivity index is 3.93. The van der Waals surface area contributed by atoms with E-state index in [9.17, 15) is 4.79 Å². The van der Waals surface area contributed by atoms with Gasteiger partial charge in [0, 0.05) is 19.6 Å². The van der Waals surface area contributed by atoms with Crippen LogP contribution in [-0.4, -0.2) is 50.9 Å². The van der Waals surface area contributed by atoms with Crippen LogP contribution in [0.2, 0.25) is 6.55 Å². The third kappa shape index (κ3) is 4.40. The topological polar surface area (TPSA) is 49.8 Å². The number of hydrogen-bond acceptors (Lipinski definition) is 3. The number of aliphatic hydroxyl groups is 1. The summed E-state index contributed by atoms with van der Waals surface area (Å²) in [6, 6.07) is 0. The lowest BCUT2D eigenvalue weighted by atomic mass is 10.5. The lowest BCUT2D eigenvalue weighted by Gasteiger charge is -2.27. The Morgan fingerprint density at radius 3 is 2.62 bits per heavy atom. The van der Waals surface area contributed by atoms with Gasteiger partial charge >= 0.3 is 0 Å². The first-order chi connectivity index (χ1) is 6.00. The maximum atomic E-state index is 11.0. The van der Waals surface area contributed by atoms with Gasteiger partial charge in [0.05, 0.1) is 13.2 Å². The number of carbonyl (C=O) groups is 1. The fraction of sp³-hybridized carbons (Fsp3) is 0.875. The third-order valence-electron chi connectivity index (χ3n) is 2.26. The standard InChI is InChI=1S/C8H19NO3Si/c1-7(11)9(3)8(2)13(4)12-6-5-10/h8,10,13H,5-6H2,1-4H3. The molecule has 0 aromatic heterocycles. The summed E-state index contributed by atoms with van der Waals surface area (Å²) in [5.41, 5.74) is 0.170. The largest absolute Gasteiger partial charge is 0.416 e. The van der Waals surface area contributed by atoms with E-state index in [-0.39, 0.29) is 18.2 Å². The van der Waals surface area contributed by atoms with Gasteiger partial charge < -0.3 is 14.4 Å². The predicted octanol–water partition coefficient (Wildman–Crippen LogP) is -0.245. The van der Waals surface area contributed by atoms with Gasteiger partial charge in [-0.3, -0.25) is 4.79 Å². The third-order valence-corrected chi connectivity index (χ3v) is 4.83. The Kier molecular flexibility index (Phi) is 5.94. The van der Waals surface area contributed by atoms with Gasteiger partial charge in [0.1, 0.15) is 0 Å². The van der Waals surface area contributed by atoms with Crippen molar-refractivity contribution in [1.82, 2.24) is 4.90 Å². The van der Waals surface area contributed by atoms with Crippen molar-refractivity contribution in [3.63, 3.8) is 0 Å². The zero-order valence-corrected chi connectivity index (χ0v) is 9.93. The SMILES string of the molecule is CC(=O)N(C)C(C)[SiH](C)OCCO. The molecule has 1 N–H and O–H groups in total. The van der Waals surface area contributed by atoms with Crippen molar-refractivity contribution in [2.45, 2.75) is 26.1 Å². The molecule has 0 aliphatic rings. The molecule has 4 nitrogen and oxygen atoms in total. The summed E-state index contributed by atoms with van der Waals surface area (Å²) in [7, 11) is 0.394. The minimum atomic E-state index is -1.38. The van der Waals surface area contributed by atoms with Crippen LogP contribution in [0.1, 0.15) is 13.8 Å². The predicted molar refractivity (Wildman–Crippen MR) is 54.0 cm³/mol. The first kappa shape index (κ1) is 12.6. The van der Waals surface area contributed by atoms with E-state index < -0.39 is 9.04 Å². The van der Waals surface area contributed by atoms with Gasteiger partial charge in [0.15, 0.2) is 9.04 Å². The van der Waals surface area contributed by atoms with E-state index in [2.05, 4.69) is 0 Å². The molecule has 13 heavy (non-hydrogen) atoms. The summed E-state index contributed by atoms with van der Waals surface area (Å²) in [5, 5.41) is 8.56. The first-order valence-electron chi connectivity index (χ1n) is 4.46. The van der Waals surface area contributed by atoms with Gasteiger partial charge in [0.2, 0.25) is 5.91 Å². The molecule has 2 atom stereocenters. The zero-order chi connectivity index (χ0) is 10.4. The number of amides is 1. The molecule has 0 aliphatic heterocycles. The average molecular weight is 205 g/mol. The molecule has 0 saturated carbocycles.